The van der Waals surface area contributed by atoms with E-state index in [1.807, 2.05) is 32.1 Å². The van der Waals surface area contributed by atoms with Crippen LogP contribution >= 0.6 is 11.6 Å². The van der Waals surface area contributed by atoms with Crippen molar-refractivity contribution in [3.8, 4) is 5.69 Å². The van der Waals surface area contributed by atoms with Gasteiger partial charge in [0.1, 0.15) is 0 Å². The molecule has 0 saturated heterocycles. The average molecular weight is 426 g/mol. The third-order valence-corrected chi connectivity index (χ3v) is 5.12. The molecule has 2 heterocycles. The van der Waals surface area contributed by atoms with Crippen LogP contribution in [-0.4, -0.2) is 21.0 Å². The van der Waals surface area contributed by atoms with Crippen molar-refractivity contribution in [3.63, 3.8) is 0 Å². The van der Waals surface area contributed by atoms with Crippen LogP contribution in [0.3, 0.4) is 0 Å². The number of halogens is 1. The zero-order chi connectivity index (χ0) is 21.8. The highest BCUT2D eigenvalue weighted by atomic mass is 35.5. The molecule has 3 aromatic rings. The highest BCUT2D eigenvalue weighted by Gasteiger charge is 2.21. The Morgan fingerprint density at radius 1 is 1.30 bits per heavy atom. The second-order valence-electron chi connectivity index (χ2n) is 7.01. The quantitative estimate of drug-likeness (QED) is 0.569. The summed E-state index contributed by atoms with van der Waals surface area (Å²) in [6.45, 7) is 7.76. The molecule has 0 aliphatic heterocycles. The molecule has 1 N–H and O–H groups in total. The van der Waals surface area contributed by atoms with Gasteiger partial charge in [-0.3, -0.25) is 14.7 Å². The fraction of sp³-hybridized carbons (Fsp3) is 0.217. The Bertz CT molecular complexity index is 1260. The molecule has 0 bridgehead atoms. The van der Waals surface area contributed by atoms with Crippen molar-refractivity contribution in [2.45, 2.75) is 20.0 Å². The van der Waals surface area contributed by atoms with E-state index < -0.39 is 6.10 Å². The van der Waals surface area contributed by atoms with Gasteiger partial charge in [-0.25, -0.2) is 4.68 Å². The second-order valence-corrected chi connectivity index (χ2v) is 7.41. The van der Waals surface area contributed by atoms with Crippen molar-refractivity contribution < 1.29 is 4.74 Å². The van der Waals surface area contributed by atoms with Crippen LogP contribution in [0.2, 0.25) is 5.02 Å². The van der Waals surface area contributed by atoms with E-state index in [4.69, 9.17) is 16.3 Å². The van der Waals surface area contributed by atoms with Gasteiger partial charge in [0.15, 0.2) is 0 Å². The predicted octanol–water partition coefficient (Wildman–Crippen LogP) is 4.44. The molecular formula is C23H24ClN3O3. The molecule has 1 atom stereocenters. The summed E-state index contributed by atoms with van der Waals surface area (Å²) < 4.78 is 8.79. The third kappa shape index (κ3) is 4.25. The monoisotopic (exact) mass is 425 g/mol. The first kappa shape index (κ1) is 21.6. The number of nitrogens with zero attached hydrogens (tertiary/aromatic N) is 2. The summed E-state index contributed by atoms with van der Waals surface area (Å²) >= 11 is 6.27. The number of ether oxygens (including phenoxy) is 1. The number of pyridine rings is 1. The number of para-hydroxylation sites is 1. The molecule has 3 rings (SSSR count). The van der Waals surface area contributed by atoms with E-state index in [-0.39, 0.29) is 11.1 Å². The maximum atomic E-state index is 13.3. The van der Waals surface area contributed by atoms with Gasteiger partial charge in [0.25, 0.3) is 11.1 Å². The molecule has 156 valence electrons. The van der Waals surface area contributed by atoms with Crippen LogP contribution in [0.4, 0.5) is 0 Å². The lowest BCUT2D eigenvalue weighted by atomic mass is 10.1. The number of allylic oxidation sites excluding steroid dienone is 4. The van der Waals surface area contributed by atoms with E-state index in [0.717, 1.165) is 5.57 Å². The number of hydrogen-bond donors (Lipinski definition) is 1. The summed E-state index contributed by atoms with van der Waals surface area (Å²) in [6.07, 6.45) is 6.84. The van der Waals surface area contributed by atoms with Gasteiger partial charge in [0.05, 0.1) is 40.0 Å². The molecule has 1 aromatic carbocycles. The van der Waals surface area contributed by atoms with Crippen LogP contribution in [0.1, 0.15) is 25.6 Å². The number of nitrogens with one attached hydrogen (secondary N) is 1. The fourth-order valence-corrected chi connectivity index (χ4v) is 3.49. The van der Waals surface area contributed by atoms with Crippen LogP contribution in [-0.2, 0) is 11.8 Å². The molecule has 0 aliphatic rings. The summed E-state index contributed by atoms with van der Waals surface area (Å²) in [6, 6.07) is 8.43. The first-order chi connectivity index (χ1) is 14.3. The van der Waals surface area contributed by atoms with Crippen molar-refractivity contribution in [2.75, 3.05) is 6.61 Å². The Kier molecular flexibility index (Phi) is 6.59. The summed E-state index contributed by atoms with van der Waals surface area (Å²) in [5, 5.41) is 3.83. The van der Waals surface area contributed by atoms with Crippen molar-refractivity contribution in [3.05, 3.63) is 98.2 Å². The third-order valence-electron chi connectivity index (χ3n) is 4.80. The number of fused-ring (bicyclic) bond motifs is 1. The van der Waals surface area contributed by atoms with E-state index >= 15 is 0 Å². The molecule has 30 heavy (non-hydrogen) atoms. The van der Waals surface area contributed by atoms with Crippen molar-refractivity contribution in [1.82, 2.24) is 14.3 Å². The zero-order valence-electron chi connectivity index (χ0n) is 17.2. The Labute approximate surface area is 179 Å². The van der Waals surface area contributed by atoms with Gasteiger partial charge in [0.2, 0.25) is 0 Å². The Morgan fingerprint density at radius 3 is 2.73 bits per heavy atom. The number of H-pyrrole nitrogens is 1. The van der Waals surface area contributed by atoms with Crippen molar-refractivity contribution >= 4 is 22.5 Å². The van der Waals surface area contributed by atoms with Crippen molar-refractivity contribution in [2.24, 2.45) is 7.05 Å². The molecule has 7 heteroatoms. The van der Waals surface area contributed by atoms with Crippen LogP contribution in [0.5, 0.6) is 0 Å². The van der Waals surface area contributed by atoms with Crippen LogP contribution < -0.4 is 11.1 Å². The molecule has 2 aromatic heterocycles. The van der Waals surface area contributed by atoms with E-state index in [9.17, 15) is 9.59 Å². The minimum Gasteiger partial charge on any atom is -0.368 e. The van der Waals surface area contributed by atoms with Crippen LogP contribution in [0.15, 0.2) is 76.4 Å². The zero-order valence-corrected chi connectivity index (χ0v) is 17.9. The Hall–Kier alpha value is -3.09. The molecule has 0 radical (unpaired) electrons. The van der Waals surface area contributed by atoms with Crippen LogP contribution in [0.25, 0.3) is 16.6 Å². The average Bonchev–Trinajstić information content (AvgIpc) is 3.03. The molecule has 6 nitrogen and oxygen atoms in total. The summed E-state index contributed by atoms with van der Waals surface area (Å²) in [5.74, 6) is 0. The molecule has 0 spiro atoms. The number of rotatable bonds is 7. The highest BCUT2D eigenvalue weighted by molar-refractivity contribution is 6.32. The van der Waals surface area contributed by atoms with E-state index in [1.165, 1.54) is 15.3 Å². The first-order valence-electron chi connectivity index (χ1n) is 9.51. The molecule has 0 saturated carbocycles. The van der Waals surface area contributed by atoms with Gasteiger partial charge < -0.3 is 9.30 Å². The maximum Gasteiger partial charge on any atom is 0.281 e. The standard InChI is InChI=1S/C23H24ClN3O3/c1-5-6-7-10-15(2)14-30-16(3)22-21-18(13-20(28)26(22)4)25-27(23(21)29)19-12-9-8-11-17(19)24/h5-13,16,25H,1,14H2,2-4H3/b7-6-,15-10+. The van der Waals surface area contributed by atoms with Crippen molar-refractivity contribution in [1.29, 1.82) is 0 Å². The highest BCUT2D eigenvalue weighted by Crippen LogP contribution is 2.24. The lowest BCUT2D eigenvalue weighted by Gasteiger charge is -2.17. The van der Waals surface area contributed by atoms with Gasteiger partial charge in [-0.2, -0.15) is 0 Å². The van der Waals surface area contributed by atoms with Gasteiger partial charge in [-0.05, 0) is 31.6 Å². The van der Waals surface area contributed by atoms with E-state index in [2.05, 4.69) is 11.7 Å². The number of benzene rings is 1. The SMILES string of the molecule is C=C/C=C\C=C(/C)COC(C)c1c2c(=O)n(-c3ccccc3Cl)[nH]c2cc(=O)n1C. The Balaban J connectivity index is 2.07. The van der Waals surface area contributed by atoms with Gasteiger partial charge in [-0.1, -0.05) is 54.6 Å². The van der Waals surface area contributed by atoms with Crippen LogP contribution in [0, 0.1) is 0 Å². The second kappa shape index (κ2) is 9.15. The number of aromatic nitrogens is 3. The molecule has 0 amide bonds. The summed E-state index contributed by atoms with van der Waals surface area (Å²) in [7, 11) is 1.64. The predicted molar refractivity (Wildman–Crippen MR) is 122 cm³/mol. The Morgan fingerprint density at radius 2 is 2.03 bits per heavy atom. The number of aromatic amines is 1. The topological polar surface area (TPSA) is 69.0 Å². The lowest BCUT2D eigenvalue weighted by Crippen LogP contribution is -2.24. The number of hydrogen-bond acceptors (Lipinski definition) is 3. The molecule has 0 fully saturated rings. The maximum absolute atomic E-state index is 13.3. The van der Waals surface area contributed by atoms with E-state index in [1.54, 1.807) is 37.4 Å². The molecule has 1 unspecified atom stereocenters. The minimum absolute atomic E-state index is 0.235. The summed E-state index contributed by atoms with van der Waals surface area (Å²) in [5.41, 5.74) is 1.94. The minimum atomic E-state index is -0.485. The smallest absolute Gasteiger partial charge is 0.281 e. The van der Waals surface area contributed by atoms with Gasteiger partial charge in [-0.15, -0.1) is 0 Å². The fourth-order valence-electron chi connectivity index (χ4n) is 3.27. The normalized spacial score (nSPS) is 13.3. The summed E-state index contributed by atoms with van der Waals surface area (Å²) in [4.78, 5) is 25.8. The lowest BCUT2D eigenvalue weighted by molar-refractivity contribution is 0.0789. The molecular weight excluding hydrogens is 402 g/mol. The van der Waals surface area contributed by atoms with Gasteiger partial charge in [0, 0.05) is 13.1 Å². The van der Waals surface area contributed by atoms with Gasteiger partial charge >= 0.3 is 0 Å². The largest absolute Gasteiger partial charge is 0.368 e. The first-order valence-corrected chi connectivity index (χ1v) is 9.89. The molecule has 0 aliphatic carbocycles. The van der Waals surface area contributed by atoms with E-state index in [0.29, 0.717) is 33.9 Å².